The van der Waals surface area contributed by atoms with Crippen LogP contribution in [0.5, 0.6) is 5.75 Å². The number of hydrogen-bond donors (Lipinski definition) is 0. The smallest absolute Gasteiger partial charge is 0.416 e. The van der Waals surface area contributed by atoms with E-state index in [1.807, 2.05) is 6.92 Å². The van der Waals surface area contributed by atoms with Crippen molar-refractivity contribution < 1.29 is 27.4 Å². The van der Waals surface area contributed by atoms with E-state index in [1.54, 1.807) is 0 Å². The third-order valence-electron chi connectivity index (χ3n) is 3.27. The molecule has 1 heterocycles. The number of ether oxygens (including phenoxy) is 3. The van der Waals surface area contributed by atoms with Gasteiger partial charge in [-0.15, -0.1) is 0 Å². The van der Waals surface area contributed by atoms with Crippen molar-refractivity contribution in [2.75, 3.05) is 20.3 Å². The number of halogens is 3. The molecule has 0 saturated carbocycles. The molecule has 1 aromatic carbocycles. The topological polar surface area (TPSA) is 27.7 Å². The van der Waals surface area contributed by atoms with Crippen LogP contribution in [0.3, 0.4) is 0 Å². The van der Waals surface area contributed by atoms with E-state index < -0.39 is 17.5 Å². The molecular weight excluding hydrogens is 273 g/mol. The van der Waals surface area contributed by atoms with Crippen LogP contribution >= 0.6 is 0 Å². The lowest BCUT2D eigenvalue weighted by molar-refractivity contribution is -0.172. The zero-order valence-electron chi connectivity index (χ0n) is 11.4. The van der Waals surface area contributed by atoms with E-state index in [2.05, 4.69) is 0 Å². The van der Waals surface area contributed by atoms with Gasteiger partial charge in [0.2, 0.25) is 0 Å². The summed E-state index contributed by atoms with van der Waals surface area (Å²) in [5.74, 6) is -0.861. The summed E-state index contributed by atoms with van der Waals surface area (Å²) in [5, 5.41) is 0. The van der Waals surface area contributed by atoms with E-state index in [0.29, 0.717) is 25.2 Å². The molecule has 20 heavy (non-hydrogen) atoms. The highest BCUT2D eigenvalue weighted by Crippen LogP contribution is 2.42. The molecule has 1 saturated heterocycles. The van der Waals surface area contributed by atoms with Gasteiger partial charge < -0.3 is 14.2 Å². The van der Waals surface area contributed by atoms with Crippen LogP contribution in [0.1, 0.15) is 30.9 Å². The Labute approximate surface area is 115 Å². The SMILES string of the molecule is CCCC1(c2ccc(C(F)(F)F)cc2OC)OCCO1. The lowest BCUT2D eigenvalue weighted by Crippen LogP contribution is -2.27. The first-order valence-corrected chi connectivity index (χ1v) is 6.46. The van der Waals surface area contributed by atoms with Crippen molar-refractivity contribution in [3.05, 3.63) is 29.3 Å². The zero-order valence-corrected chi connectivity index (χ0v) is 11.4. The maximum Gasteiger partial charge on any atom is 0.416 e. The van der Waals surface area contributed by atoms with Crippen LogP contribution in [-0.2, 0) is 21.4 Å². The summed E-state index contributed by atoms with van der Waals surface area (Å²) in [5.41, 5.74) is -0.241. The molecule has 0 atom stereocenters. The predicted octanol–water partition coefficient (Wildman–Crippen LogP) is 3.71. The molecule has 3 nitrogen and oxygen atoms in total. The van der Waals surface area contributed by atoms with E-state index in [-0.39, 0.29) is 5.75 Å². The summed E-state index contributed by atoms with van der Waals surface area (Å²) in [6, 6.07) is 3.39. The fourth-order valence-corrected chi connectivity index (χ4v) is 2.40. The highest BCUT2D eigenvalue weighted by molar-refractivity contribution is 5.41. The molecule has 1 aliphatic rings. The Kier molecular flexibility index (Phi) is 4.25. The van der Waals surface area contributed by atoms with Crippen molar-refractivity contribution >= 4 is 0 Å². The molecule has 2 rings (SSSR count). The fourth-order valence-electron chi connectivity index (χ4n) is 2.40. The van der Waals surface area contributed by atoms with Gasteiger partial charge in [-0.25, -0.2) is 0 Å². The maximum atomic E-state index is 12.7. The second kappa shape index (κ2) is 5.61. The van der Waals surface area contributed by atoms with Gasteiger partial charge in [0.25, 0.3) is 0 Å². The Morgan fingerprint density at radius 2 is 1.90 bits per heavy atom. The van der Waals surface area contributed by atoms with Crippen LogP contribution in [0.25, 0.3) is 0 Å². The van der Waals surface area contributed by atoms with Gasteiger partial charge in [0.05, 0.1) is 31.5 Å². The van der Waals surface area contributed by atoms with Crippen molar-refractivity contribution in [1.29, 1.82) is 0 Å². The van der Waals surface area contributed by atoms with Gasteiger partial charge in [-0.3, -0.25) is 0 Å². The van der Waals surface area contributed by atoms with E-state index >= 15 is 0 Å². The Bertz CT molecular complexity index is 465. The van der Waals surface area contributed by atoms with Crippen molar-refractivity contribution in [1.82, 2.24) is 0 Å². The van der Waals surface area contributed by atoms with Crippen LogP contribution in [0.4, 0.5) is 13.2 Å². The van der Waals surface area contributed by atoms with Crippen molar-refractivity contribution in [3.8, 4) is 5.75 Å². The lowest BCUT2D eigenvalue weighted by Gasteiger charge is -2.29. The summed E-state index contributed by atoms with van der Waals surface area (Å²) in [6.45, 7) is 2.80. The minimum atomic E-state index is -4.40. The molecule has 0 aliphatic carbocycles. The summed E-state index contributed by atoms with van der Waals surface area (Å²) in [6.07, 6.45) is -3.06. The number of methoxy groups -OCH3 is 1. The largest absolute Gasteiger partial charge is 0.496 e. The quantitative estimate of drug-likeness (QED) is 0.846. The highest BCUT2D eigenvalue weighted by Gasteiger charge is 2.41. The minimum absolute atomic E-state index is 0.134. The second-order valence-electron chi connectivity index (χ2n) is 4.61. The van der Waals surface area contributed by atoms with Crippen LogP contribution in [0.2, 0.25) is 0 Å². The average Bonchev–Trinajstić information content (AvgIpc) is 2.87. The molecule has 0 bridgehead atoms. The Balaban J connectivity index is 2.45. The summed E-state index contributed by atoms with van der Waals surface area (Å²) in [4.78, 5) is 0. The zero-order chi connectivity index (χ0) is 14.8. The molecule has 0 N–H and O–H groups in total. The highest BCUT2D eigenvalue weighted by atomic mass is 19.4. The van der Waals surface area contributed by atoms with Gasteiger partial charge in [-0.05, 0) is 18.2 Å². The normalized spacial score (nSPS) is 18.2. The standard InChI is InChI=1S/C14H17F3O3/c1-3-6-13(19-7-8-20-13)11-5-4-10(14(15,16)17)9-12(11)18-2/h4-5,9H,3,6-8H2,1-2H3. The third kappa shape index (κ3) is 2.76. The molecule has 0 radical (unpaired) electrons. The Hall–Kier alpha value is -1.27. The van der Waals surface area contributed by atoms with E-state index in [9.17, 15) is 13.2 Å². The minimum Gasteiger partial charge on any atom is -0.496 e. The summed E-state index contributed by atoms with van der Waals surface area (Å²) < 4.78 is 54.6. The molecule has 0 aromatic heterocycles. The van der Waals surface area contributed by atoms with Crippen LogP contribution < -0.4 is 4.74 Å². The van der Waals surface area contributed by atoms with E-state index in [0.717, 1.165) is 18.6 Å². The van der Waals surface area contributed by atoms with E-state index in [4.69, 9.17) is 14.2 Å². The maximum absolute atomic E-state index is 12.7. The van der Waals surface area contributed by atoms with Crippen LogP contribution in [-0.4, -0.2) is 20.3 Å². The van der Waals surface area contributed by atoms with Crippen LogP contribution in [0.15, 0.2) is 18.2 Å². The number of rotatable bonds is 4. The molecule has 1 aliphatic heterocycles. The first-order valence-electron chi connectivity index (χ1n) is 6.46. The molecule has 1 aromatic rings. The van der Waals surface area contributed by atoms with Crippen molar-refractivity contribution in [2.24, 2.45) is 0 Å². The lowest BCUT2D eigenvalue weighted by atomic mass is 9.98. The predicted molar refractivity (Wildman–Crippen MR) is 66.5 cm³/mol. The molecule has 0 amide bonds. The van der Waals surface area contributed by atoms with Crippen molar-refractivity contribution in [2.45, 2.75) is 31.7 Å². The second-order valence-corrected chi connectivity index (χ2v) is 4.61. The average molecular weight is 290 g/mol. The van der Waals surface area contributed by atoms with Gasteiger partial charge in [-0.1, -0.05) is 13.3 Å². The number of alkyl halides is 3. The number of benzene rings is 1. The number of hydrogen-bond acceptors (Lipinski definition) is 3. The Morgan fingerprint density at radius 3 is 2.40 bits per heavy atom. The molecule has 0 unspecified atom stereocenters. The van der Waals surface area contributed by atoms with Gasteiger partial charge in [0.15, 0.2) is 5.79 Å². The first-order chi connectivity index (χ1) is 9.43. The van der Waals surface area contributed by atoms with E-state index in [1.165, 1.54) is 13.2 Å². The summed E-state index contributed by atoms with van der Waals surface area (Å²) in [7, 11) is 1.34. The molecular formula is C14H17F3O3. The fraction of sp³-hybridized carbons (Fsp3) is 0.571. The van der Waals surface area contributed by atoms with Crippen molar-refractivity contribution in [3.63, 3.8) is 0 Å². The summed E-state index contributed by atoms with van der Waals surface area (Å²) >= 11 is 0. The first kappa shape index (κ1) is 15.1. The monoisotopic (exact) mass is 290 g/mol. The Morgan fingerprint density at radius 1 is 1.25 bits per heavy atom. The third-order valence-corrected chi connectivity index (χ3v) is 3.27. The van der Waals surface area contributed by atoms with Crippen LogP contribution in [0, 0.1) is 0 Å². The van der Waals surface area contributed by atoms with Gasteiger partial charge in [0.1, 0.15) is 5.75 Å². The molecule has 1 fully saturated rings. The molecule has 6 heteroatoms. The van der Waals surface area contributed by atoms with Gasteiger partial charge >= 0.3 is 6.18 Å². The molecule has 0 spiro atoms. The van der Waals surface area contributed by atoms with Gasteiger partial charge in [0, 0.05) is 6.42 Å². The molecule has 112 valence electrons. The van der Waals surface area contributed by atoms with Gasteiger partial charge in [-0.2, -0.15) is 13.2 Å².